The summed E-state index contributed by atoms with van der Waals surface area (Å²) in [5.74, 6) is -0.993. The second-order valence-electron chi connectivity index (χ2n) is 7.50. The van der Waals surface area contributed by atoms with Crippen molar-refractivity contribution in [2.45, 2.75) is 32.8 Å². The van der Waals surface area contributed by atoms with Gasteiger partial charge in [0.1, 0.15) is 5.69 Å². The summed E-state index contributed by atoms with van der Waals surface area (Å²) < 4.78 is 5.50. The van der Waals surface area contributed by atoms with Gasteiger partial charge in [0.15, 0.2) is 6.10 Å². The van der Waals surface area contributed by atoms with Gasteiger partial charge >= 0.3 is 5.97 Å². The fraction of sp³-hybridized carbons (Fsp3) is 0.391. The quantitative estimate of drug-likeness (QED) is 0.381. The van der Waals surface area contributed by atoms with Gasteiger partial charge in [-0.05, 0) is 44.9 Å². The Morgan fingerprint density at radius 3 is 2.35 bits per heavy atom. The van der Waals surface area contributed by atoms with Crippen LogP contribution in [0, 0.1) is 16.0 Å². The van der Waals surface area contributed by atoms with Gasteiger partial charge in [-0.15, -0.1) is 0 Å². The Morgan fingerprint density at radius 2 is 1.74 bits per heavy atom. The Morgan fingerprint density at radius 1 is 1.13 bits per heavy atom. The van der Waals surface area contributed by atoms with Crippen LogP contribution >= 0.6 is 0 Å². The number of hydrogen-bond donors (Lipinski definition) is 0. The van der Waals surface area contributed by atoms with E-state index in [1.165, 1.54) is 6.07 Å². The lowest BCUT2D eigenvalue weighted by atomic mass is 9.96. The molecule has 2 aromatic rings. The summed E-state index contributed by atoms with van der Waals surface area (Å²) in [7, 11) is 0. The van der Waals surface area contributed by atoms with Gasteiger partial charge in [0.2, 0.25) is 0 Å². The van der Waals surface area contributed by atoms with E-state index in [0.29, 0.717) is 38.2 Å². The molecular formula is C23H27N3O5. The number of carbonyl (C=O) groups is 2. The van der Waals surface area contributed by atoms with Crippen LogP contribution in [0.25, 0.3) is 0 Å². The Balaban J connectivity index is 1.57. The van der Waals surface area contributed by atoms with Gasteiger partial charge in [0.05, 0.1) is 10.8 Å². The maximum Gasteiger partial charge on any atom is 0.309 e. The molecule has 1 aliphatic heterocycles. The summed E-state index contributed by atoms with van der Waals surface area (Å²) in [6, 6.07) is 15.9. The van der Waals surface area contributed by atoms with Crippen LogP contribution in [0.2, 0.25) is 0 Å². The van der Waals surface area contributed by atoms with Crippen LogP contribution < -0.4 is 9.80 Å². The number of nitro groups is 1. The standard InChI is InChI=1S/C23H27N3O5/c1-3-25(19-9-5-4-6-10-19)22(27)17(2)31-23(28)18-13-15-24(16-14-18)20-11-7-8-12-21(20)26(29)30/h4-12,17-18H,3,13-16H2,1-2H3/t17-/m0/s1. The van der Waals surface area contributed by atoms with Gasteiger partial charge in [-0.3, -0.25) is 19.7 Å². The molecule has 0 aliphatic carbocycles. The molecule has 0 saturated carbocycles. The van der Waals surface area contributed by atoms with Gasteiger partial charge in [-0.25, -0.2) is 0 Å². The zero-order valence-electron chi connectivity index (χ0n) is 17.8. The number of rotatable bonds is 7. The summed E-state index contributed by atoms with van der Waals surface area (Å²) in [5.41, 5.74) is 1.38. The first kappa shape index (κ1) is 22.3. The third-order valence-electron chi connectivity index (χ3n) is 5.54. The number of hydrogen-bond acceptors (Lipinski definition) is 6. The molecule has 31 heavy (non-hydrogen) atoms. The smallest absolute Gasteiger partial charge is 0.309 e. The first-order valence-corrected chi connectivity index (χ1v) is 10.5. The van der Waals surface area contributed by atoms with Gasteiger partial charge in [-0.2, -0.15) is 0 Å². The highest BCUT2D eigenvalue weighted by Gasteiger charge is 2.32. The van der Waals surface area contributed by atoms with E-state index in [-0.39, 0.29) is 17.5 Å². The van der Waals surface area contributed by atoms with E-state index in [0.717, 1.165) is 5.69 Å². The minimum absolute atomic E-state index is 0.0586. The van der Waals surface area contributed by atoms with Gasteiger partial charge in [0, 0.05) is 31.4 Å². The molecule has 1 amide bonds. The average molecular weight is 425 g/mol. The highest BCUT2D eigenvalue weighted by molar-refractivity contribution is 5.97. The Hall–Kier alpha value is -3.42. The third kappa shape index (κ3) is 5.20. The van der Waals surface area contributed by atoms with Crippen LogP contribution in [-0.2, 0) is 14.3 Å². The predicted molar refractivity (Wildman–Crippen MR) is 118 cm³/mol. The minimum Gasteiger partial charge on any atom is -0.452 e. The lowest BCUT2D eigenvalue weighted by Gasteiger charge is -2.33. The van der Waals surface area contributed by atoms with Crippen molar-refractivity contribution in [1.29, 1.82) is 0 Å². The van der Waals surface area contributed by atoms with E-state index >= 15 is 0 Å². The fourth-order valence-corrected chi connectivity index (χ4v) is 3.86. The van der Waals surface area contributed by atoms with Gasteiger partial charge < -0.3 is 14.5 Å². The highest BCUT2D eigenvalue weighted by Crippen LogP contribution is 2.31. The average Bonchev–Trinajstić information content (AvgIpc) is 2.80. The van der Waals surface area contributed by atoms with Crippen molar-refractivity contribution in [2.24, 2.45) is 5.92 Å². The van der Waals surface area contributed by atoms with Crippen molar-refractivity contribution in [3.8, 4) is 0 Å². The molecule has 164 valence electrons. The first-order valence-electron chi connectivity index (χ1n) is 10.5. The van der Waals surface area contributed by atoms with Crippen molar-refractivity contribution in [3.05, 3.63) is 64.7 Å². The summed E-state index contributed by atoms with van der Waals surface area (Å²) >= 11 is 0. The van der Waals surface area contributed by atoms with E-state index in [2.05, 4.69) is 0 Å². The number of anilines is 2. The Labute approximate surface area is 181 Å². The maximum atomic E-state index is 12.8. The number of nitro benzene ring substituents is 1. The molecule has 8 heteroatoms. The van der Waals surface area contributed by atoms with Crippen LogP contribution in [0.4, 0.5) is 17.1 Å². The van der Waals surface area contributed by atoms with Crippen molar-refractivity contribution < 1.29 is 19.2 Å². The molecule has 3 rings (SSSR count). The number of benzene rings is 2. The number of carbonyl (C=O) groups excluding carboxylic acids is 2. The van der Waals surface area contributed by atoms with Gasteiger partial charge in [-0.1, -0.05) is 30.3 Å². The molecule has 0 radical (unpaired) electrons. The Bertz CT molecular complexity index is 926. The normalized spacial score (nSPS) is 15.2. The molecule has 1 heterocycles. The molecule has 8 nitrogen and oxygen atoms in total. The molecule has 1 saturated heterocycles. The highest BCUT2D eigenvalue weighted by atomic mass is 16.6. The van der Waals surface area contributed by atoms with E-state index in [4.69, 9.17) is 4.74 Å². The van der Waals surface area contributed by atoms with E-state index < -0.39 is 17.0 Å². The zero-order valence-corrected chi connectivity index (χ0v) is 17.8. The van der Waals surface area contributed by atoms with Crippen LogP contribution in [0.15, 0.2) is 54.6 Å². The number of esters is 1. The number of likely N-dealkylation sites (N-methyl/N-ethyl adjacent to an activating group) is 1. The fourth-order valence-electron chi connectivity index (χ4n) is 3.86. The minimum atomic E-state index is -0.888. The van der Waals surface area contributed by atoms with E-state index in [9.17, 15) is 19.7 Å². The second-order valence-corrected chi connectivity index (χ2v) is 7.50. The first-order chi connectivity index (χ1) is 14.9. The second kappa shape index (κ2) is 10.1. The summed E-state index contributed by atoms with van der Waals surface area (Å²) in [6.45, 7) is 4.96. The molecule has 0 unspecified atom stereocenters. The van der Waals surface area contributed by atoms with Crippen LogP contribution in [-0.4, -0.2) is 42.5 Å². The van der Waals surface area contributed by atoms with Crippen LogP contribution in [0.1, 0.15) is 26.7 Å². The molecule has 0 spiro atoms. The largest absolute Gasteiger partial charge is 0.452 e. The van der Waals surface area contributed by atoms with Crippen LogP contribution in [0.3, 0.4) is 0 Å². The van der Waals surface area contributed by atoms with Gasteiger partial charge in [0.25, 0.3) is 11.6 Å². The summed E-state index contributed by atoms with van der Waals surface area (Å²) in [4.78, 5) is 39.9. The van der Waals surface area contributed by atoms with Crippen LogP contribution in [0.5, 0.6) is 0 Å². The van der Waals surface area contributed by atoms with E-state index in [1.54, 1.807) is 30.0 Å². The van der Waals surface area contributed by atoms with Crippen molar-refractivity contribution in [1.82, 2.24) is 0 Å². The molecule has 0 aromatic heterocycles. The third-order valence-corrected chi connectivity index (χ3v) is 5.54. The predicted octanol–water partition coefficient (Wildman–Crippen LogP) is 3.80. The number of amides is 1. The number of nitrogens with zero attached hydrogens (tertiary/aromatic N) is 3. The van der Waals surface area contributed by atoms with Crippen molar-refractivity contribution in [2.75, 3.05) is 29.4 Å². The Kier molecular flexibility index (Phi) is 7.23. The summed E-state index contributed by atoms with van der Waals surface area (Å²) in [6.07, 6.45) is 0.144. The topological polar surface area (TPSA) is 93.0 Å². The summed E-state index contributed by atoms with van der Waals surface area (Å²) in [5, 5.41) is 11.3. The molecule has 1 atom stereocenters. The maximum absolute atomic E-state index is 12.8. The number of piperidine rings is 1. The number of para-hydroxylation sites is 3. The molecule has 0 N–H and O–H groups in total. The molecular weight excluding hydrogens is 398 g/mol. The van der Waals surface area contributed by atoms with E-state index in [1.807, 2.05) is 42.2 Å². The van der Waals surface area contributed by atoms with Crippen molar-refractivity contribution in [3.63, 3.8) is 0 Å². The molecule has 2 aromatic carbocycles. The van der Waals surface area contributed by atoms with Crippen molar-refractivity contribution >= 4 is 28.9 Å². The lowest BCUT2D eigenvalue weighted by Crippen LogP contribution is -2.42. The number of ether oxygens (including phenoxy) is 1. The molecule has 0 bridgehead atoms. The SMILES string of the molecule is CCN(C(=O)[C@H](C)OC(=O)C1CCN(c2ccccc2[N+](=O)[O-])CC1)c1ccccc1. The monoisotopic (exact) mass is 425 g/mol. The molecule has 1 aliphatic rings. The lowest BCUT2D eigenvalue weighted by molar-refractivity contribution is -0.384. The molecule has 1 fully saturated rings. The zero-order chi connectivity index (χ0) is 22.4.